The Balaban J connectivity index is 0.000000561. The summed E-state index contributed by atoms with van der Waals surface area (Å²) in [6.07, 6.45) is 1.23. The molecule has 0 N–H and O–H groups in total. The molecule has 0 radical (unpaired) electrons. The summed E-state index contributed by atoms with van der Waals surface area (Å²) in [4.78, 5) is 0. The average molecular weight is 164 g/mol. The van der Waals surface area contributed by atoms with Crippen molar-refractivity contribution in [1.82, 2.24) is 0 Å². The van der Waals surface area contributed by atoms with Gasteiger partial charge in [-0.05, 0) is 17.9 Å². The van der Waals surface area contributed by atoms with Crippen LogP contribution in [0.1, 0.15) is 45.6 Å². The van der Waals surface area contributed by atoms with Gasteiger partial charge in [-0.15, -0.1) is 0 Å². The quantitative estimate of drug-likeness (QED) is 0.613. The first kappa shape index (κ1) is 11.2. The van der Waals surface area contributed by atoms with Gasteiger partial charge < -0.3 is 0 Å². The molecule has 1 rings (SSSR count). The van der Waals surface area contributed by atoms with Gasteiger partial charge in [-0.3, -0.25) is 0 Å². The Labute approximate surface area is 76.6 Å². The van der Waals surface area contributed by atoms with Crippen molar-refractivity contribution >= 4 is 0 Å². The van der Waals surface area contributed by atoms with Crippen LogP contribution in [0.2, 0.25) is 0 Å². The Morgan fingerprint density at radius 2 is 1.58 bits per heavy atom. The lowest BCUT2D eigenvalue weighted by Gasteiger charge is -2.06. The van der Waals surface area contributed by atoms with Crippen molar-refractivity contribution in [3.8, 4) is 0 Å². The van der Waals surface area contributed by atoms with Crippen LogP contribution in [0.25, 0.3) is 0 Å². The fourth-order valence-corrected chi connectivity index (χ4v) is 1.02. The summed E-state index contributed by atoms with van der Waals surface area (Å²) in [6, 6.07) is 10.6. The normalized spacial score (nSPS) is 11.3. The zero-order valence-electron chi connectivity index (χ0n) is 8.67. The van der Waals surface area contributed by atoms with Crippen LogP contribution < -0.4 is 0 Å². The number of hydrogen-bond acceptors (Lipinski definition) is 0. The van der Waals surface area contributed by atoms with E-state index in [9.17, 15) is 0 Å². The first-order valence-electron chi connectivity index (χ1n) is 4.89. The lowest BCUT2D eigenvalue weighted by molar-refractivity contribution is 0.733. The van der Waals surface area contributed by atoms with E-state index in [1.54, 1.807) is 0 Å². The summed E-state index contributed by atoms with van der Waals surface area (Å²) in [5.74, 6) is 0.709. The Morgan fingerprint density at radius 3 is 2.00 bits per heavy atom. The van der Waals surface area contributed by atoms with Crippen LogP contribution in [-0.4, -0.2) is 0 Å². The molecule has 0 aliphatic rings. The first-order chi connectivity index (χ1) is 5.84. The number of hydrogen-bond donors (Lipinski definition) is 0. The summed E-state index contributed by atoms with van der Waals surface area (Å²) < 4.78 is 0. The van der Waals surface area contributed by atoms with Crippen LogP contribution in [0.5, 0.6) is 0 Å². The third kappa shape index (κ3) is 3.56. The highest BCUT2D eigenvalue weighted by Gasteiger charge is 1.98. The molecular weight excluding hydrogens is 144 g/mol. The van der Waals surface area contributed by atoms with Crippen LogP contribution in [0.15, 0.2) is 30.3 Å². The summed E-state index contributed by atoms with van der Waals surface area (Å²) >= 11 is 0. The molecule has 0 heteroatoms. The number of benzene rings is 1. The van der Waals surface area contributed by atoms with E-state index in [0.29, 0.717) is 5.92 Å². The molecule has 0 unspecified atom stereocenters. The Morgan fingerprint density at radius 1 is 1.08 bits per heavy atom. The van der Waals surface area contributed by atoms with Crippen molar-refractivity contribution in [3.63, 3.8) is 0 Å². The van der Waals surface area contributed by atoms with E-state index in [1.807, 2.05) is 13.8 Å². The van der Waals surface area contributed by atoms with Gasteiger partial charge in [0.1, 0.15) is 0 Å². The van der Waals surface area contributed by atoms with E-state index in [0.717, 1.165) is 0 Å². The van der Waals surface area contributed by atoms with E-state index in [-0.39, 0.29) is 0 Å². The number of rotatable bonds is 2. The largest absolute Gasteiger partial charge is 0.0683 e. The second-order valence-electron chi connectivity index (χ2n) is 2.72. The predicted molar refractivity (Wildman–Crippen MR) is 56.5 cm³/mol. The summed E-state index contributed by atoms with van der Waals surface area (Å²) in [5, 5.41) is 0. The Hall–Kier alpha value is -0.780. The highest BCUT2D eigenvalue weighted by atomic mass is 14.0. The predicted octanol–water partition coefficient (Wildman–Crippen LogP) is 4.23. The van der Waals surface area contributed by atoms with Crippen LogP contribution in [0.3, 0.4) is 0 Å². The Bertz CT molecular complexity index is 176. The monoisotopic (exact) mass is 164 g/mol. The molecule has 0 nitrogen and oxygen atoms in total. The minimum absolute atomic E-state index is 0.709. The molecule has 12 heavy (non-hydrogen) atoms. The minimum atomic E-state index is 0.709. The van der Waals surface area contributed by atoms with E-state index < -0.39 is 0 Å². The molecule has 68 valence electrons. The maximum atomic E-state index is 2.26. The minimum Gasteiger partial charge on any atom is -0.0683 e. The van der Waals surface area contributed by atoms with E-state index >= 15 is 0 Å². The zero-order valence-corrected chi connectivity index (χ0v) is 8.67. The molecule has 0 heterocycles. The SMILES string of the molecule is CC.CC[C@@H](C)c1ccccc1. The molecule has 1 aromatic carbocycles. The third-order valence-electron chi connectivity index (χ3n) is 1.98. The van der Waals surface area contributed by atoms with Gasteiger partial charge in [0.15, 0.2) is 0 Å². The Kier molecular flexibility index (Phi) is 6.45. The van der Waals surface area contributed by atoms with Crippen molar-refractivity contribution in [2.45, 2.75) is 40.0 Å². The summed E-state index contributed by atoms with van der Waals surface area (Å²) in [6.45, 7) is 8.48. The van der Waals surface area contributed by atoms with E-state index in [4.69, 9.17) is 0 Å². The lowest BCUT2D eigenvalue weighted by atomic mass is 9.99. The van der Waals surface area contributed by atoms with Crippen molar-refractivity contribution in [2.24, 2.45) is 0 Å². The smallest absolute Gasteiger partial charge is 0.0193 e. The van der Waals surface area contributed by atoms with Crippen molar-refractivity contribution in [3.05, 3.63) is 35.9 Å². The maximum Gasteiger partial charge on any atom is -0.0193 e. The molecule has 0 spiro atoms. The van der Waals surface area contributed by atoms with E-state index in [2.05, 4.69) is 44.2 Å². The lowest BCUT2D eigenvalue weighted by Crippen LogP contribution is -1.88. The van der Waals surface area contributed by atoms with Gasteiger partial charge in [-0.2, -0.15) is 0 Å². The highest BCUT2D eigenvalue weighted by molar-refractivity contribution is 5.18. The van der Waals surface area contributed by atoms with Crippen LogP contribution in [-0.2, 0) is 0 Å². The van der Waals surface area contributed by atoms with Gasteiger partial charge in [0.2, 0.25) is 0 Å². The van der Waals surface area contributed by atoms with Crippen molar-refractivity contribution < 1.29 is 0 Å². The van der Waals surface area contributed by atoms with Gasteiger partial charge in [0, 0.05) is 0 Å². The fourth-order valence-electron chi connectivity index (χ4n) is 1.02. The van der Waals surface area contributed by atoms with Gasteiger partial charge in [-0.1, -0.05) is 58.0 Å². The maximum absolute atomic E-state index is 2.26. The first-order valence-corrected chi connectivity index (χ1v) is 4.89. The molecule has 0 bridgehead atoms. The van der Waals surface area contributed by atoms with Gasteiger partial charge in [0.25, 0.3) is 0 Å². The van der Waals surface area contributed by atoms with Crippen LogP contribution in [0.4, 0.5) is 0 Å². The third-order valence-corrected chi connectivity index (χ3v) is 1.98. The van der Waals surface area contributed by atoms with E-state index in [1.165, 1.54) is 12.0 Å². The molecule has 0 saturated heterocycles. The molecule has 0 aliphatic heterocycles. The van der Waals surface area contributed by atoms with Gasteiger partial charge in [-0.25, -0.2) is 0 Å². The zero-order chi connectivity index (χ0) is 9.40. The van der Waals surface area contributed by atoms with Crippen LogP contribution >= 0.6 is 0 Å². The van der Waals surface area contributed by atoms with Crippen LogP contribution in [0, 0.1) is 0 Å². The summed E-state index contributed by atoms with van der Waals surface area (Å²) in [5.41, 5.74) is 1.45. The topological polar surface area (TPSA) is 0 Å². The summed E-state index contributed by atoms with van der Waals surface area (Å²) in [7, 11) is 0. The van der Waals surface area contributed by atoms with Crippen molar-refractivity contribution in [1.29, 1.82) is 0 Å². The molecule has 0 saturated carbocycles. The molecule has 0 fully saturated rings. The molecule has 1 aromatic rings. The van der Waals surface area contributed by atoms with Gasteiger partial charge >= 0.3 is 0 Å². The second-order valence-corrected chi connectivity index (χ2v) is 2.72. The molecule has 0 aliphatic carbocycles. The van der Waals surface area contributed by atoms with Gasteiger partial charge in [0.05, 0.1) is 0 Å². The molecule has 1 atom stereocenters. The average Bonchev–Trinajstić information content (AvgIpc) is 2.21. The molecular formula is C12H20. The van der Waals surface area contributed by atoms with Crippen molar-refractivity contribution in [2.75, 3.05) is 0 Å². The molecule has 0 amide bonds. The standard InChI is InChI=1S/C10H14.C2H6/c1-3-9(2)10-7-5-4-6-8-10;1-2/h4-9H,3H2,1-2H3;1-2H3/t9-;/m1./s1. The molecule has 0 aromatic heterocycles. The highest BCUT2D eigenvalue weighted by Crippen LogP contribution is 2.16. The fraction of sp³-hybridized carbons (Fsp3) is 0.500. The second kappa shape index (κ2) is 6.90.